The van der Waals surface area contributed by atoms with Crippen molar-refractivity contribution in [3.8, 4) is 0 Å². The topological polar surface area (TPSA) is 64.1 Å². The predicted octanol–water partition coefficient (Wildman–Crippen LogP) is 2.86. The Morgan fingerprint density at radius 1 is 1.37 bits per heavy atom. The van der Waals surface area contributed by atoms with Crippen molar-refractivity contribution >= 4 is 39.9 Å². The second-order valence-corrected chi connectivity index (χ2v) is 5.93. The second kappa shape index (κ2) is 6.53. The van der Waals surface area contributed by atoms with Gasteiger partial charge in [-0.3, -0.25) is 4.79 Å². The lowest BCUT2D eigenvalue weighted by Crippen LogP contribution is -2.02. The molecule has 0 radical (unpaired) electrons. The fourth-order valence-corrected chi connectivity index (χ4v) is 2.86. The largest absolute Gasteiger partial charge is 0.468 e. The van der Waals surface area contributed by atoms with Crippen LogP contribution in [0.4, 0.5) is 10.8 Å². The molecule has 0 saturated heterocycles. The summed E-state index contributed by atoms with van der Waals surface area (Å²) in [5.74, 6) is -0.0244. The van der Waals surface area contributed by atoms with Crippen LogP contribution in [-0.2, 0) is 9.53 Å². The van der Waals surface area contributed by atoms with Gasteiger partial charge in [0.1, 0.15) is 0 Å². The average molecular weight is 295 g/mol. The molecule has 0 bridgehead atoms. The summed E-state index contributed by atoms with van der Waals surface area (Å²) in [5, 5.41) is 11.9. The van der Waals surface area contributed by atoms with E-state index in [0.29, 0.717) is 5.13 Å². The molecule has 100 valence electrons. The summed E-state index contributed by atoms with van der Waals surface area (Å²) in [6.45, 7) is 2.04. The number of nitrogens with one attached hydrogen (secondary N) is 1. The third kappa shape index (κ3) is 4.22. The molecule has 7 heteroatoms. The molecule has 2 aromatic rings. The van der Waals surface area contributed by atoms with Crippen LogP contribution in [0.2, 0.25) is 0 Å². The van der Waals surface area contributed by atoms with Crippen LogP contribution in [0.25, 0.3) is 0 Å². The van der Waals surface area contributed by atoms with Gasteiger partial charge in [0, 0.05) is 5.69 Å². The zero-order valence-corrected chi connectivity index (χ0v) is 12.2. The Morgan fingerprint density at radius 3 is 2.79 bits per heavy atom. The minimum absolute atomic E-state index is 0.246. The van der Waals surface area contributed by atoms with E-state index in [4.69, 9.17) is 0 Å². The second-order valence-electron chi connectivity index (χ2n) is 3.73. The van der Waals surface area contributed by atoms with E-state index in [0.717, 1.165) is 10.0 Å². The van der Waals surface area contributed by atoms with Gasteiger partial charge >= 0.3 is 5.97 Å². The number of esters is 1. The number of benzene rings is 1. The molecule has 0 fully saturated rings. The number of nitrogens with zero attached hydrogens (tertiary/aromatic N) is 2. The van der Waals surface area contributed by atoms with Gasteiger partial charge in [0.15, 0.2) is 4.34 Å². The molecule has 0 spiro atoms. The van der Waals surface area contributed by atoms with E-state index >= 15 is 0 Å². The molecule has 1 N–H and O–H groups in total. The number of aromatic nitrogens is 2. The Bertz CT molecular complexity index is 554. The van der Waals surface area contributed by atoms with Crippen molar-refractivity contribution in [3.05, 3.63) is 29.8 Å². The van der Waals surface area contributed by atoms with Crippen molar-refractivity contribution in [2.75, 3.05) is 18.2 Å². The van der Waals surface area contributed by atoms with Crippen molar-refractivity contribution in [3.63, 3.8) is 0 Å². The number of anilines is 2. The highest BCUT2D eigenvalue weighted by molar-refractivity contribution is 8.01. The maximum absolute atomic E-state index is 11.0. The van der Waals surface area contributed by atoms with E-state index in [1.165, 1.54) is 35.8 Å². The molecule has 19 heavy (non-hydrogen) atoms. The lowest BCUT2D eigenvalue weighted by molar-refractivity contribution is -0.137. The van der Waals surface area contributed by atoms with E-state index in [9.17, 15) is 4.79 Å². The highest BCUT2D eigenvalue weighted by Gasteiger charge is 2.08. The van der Waals surface area contributed by atoms with Gasteiger partial charge < -0.3 is 10.1 Å². The monoisotopic (exact) mass is 295 g/mol. The number of hydrogen-bond acceptors (Lipinski definition) is 7. The standard InChI is InChI=1S/C12H13N3O2S2/c1-8-3-5-9(6-4-8)13-11-14-15-12(19-11)18-7-10(16)17-2/h3-6H,7H2,1-2H3,(H,13,14). The highest BCUT2D eigenvalue weighted by atomic mass is 32.2. The molecule has 2 rings (SSSR count). The Hall–Kier alpha value is -1.60. The highest BCUT2D eigenvalue weighted by Crippen LogP contribution is 2.27. The summed E-state index contributed by atoms with van der Waals surface area (Å²) >= 11 is 2.72. The van der Waals surface area contributed by atoms with Gasteiger partial charge in [0.25, 0.3) is 0 Å². The Kier molecular flexibility index (Phi) is 4.75. The normalized spacial score (nSPS) is 10.2. The molecule has 0 saturated carbocycles. The summed E-state index contributed by atoms with van der Waals surface area (Å²) in [5.41, 5.74) is 2.17. The van der Waals surface area contributed by atoms with Crippen LogP contribution < -0.4 is 5.32 Å². The van der Waals surface area contributed by atoms with Crippen LogP contribution in [-0.4, -0.2) is 29.0 Å². The van der Waals surface area contributed by atoms with E-state index in [-0.39, 0.29) is 11.7 Å². The van der Waals surface area contributed by atoms with Crippen LogP contribution in [0.1, 0.15) is 5.56 Å². The molecule has 0 unspecified atom stereocenters. The van der Waals surface area contributed by atoms with E-state index in [1.807, 2.05) is 31.2 Å². The van der Waals surface area contributed by atoms with Crippen LogP contribution in [0.5, 0.6) is 0 Å². The van der Waals surface area contributed by atoms with E-state index in [1.54, 1.807) is 0 Å². The number of aryl methyl sites for hydroxylation is 1. The molecule has 5 nitrogen and oxygen atoms in total. The van der Waals surface area contributed by atoms with Gasteiger partial charge in [0.05, 0.1) is 12.9 Å². The third-order valence-electron chi connectivity index (χ3n) is 2.25. The van der Waals surface area contributed by atoms with Gasteiger partial charge in [-0.2, -0.15) is 0 Å². The molecular weight excluding hydrogens is 282 g/mol. The van der Waals surface area contributed by atoms with Crippen molar-refractivity contribution in [1.82, 2.24) is 10.2 Å². The third-order valence-corrected chi connectivity index (χ3v) is 4.20. The molecule has 1 heterocycles. The van der Waals surface area contributed by atoms with Gasteiger partial charge in [-0.15, -0.1) is 10.2 Å². The number of thioether (sulfide) groups is 1. The summed E-state index contributed by atoms with van der Waals surface area (Å²) in [7, 11) is 1.37. The zero-order chi connectivity index (χ0) is 13.7. The maximum Gasteiger partial charge on any atom is 0.316 e. The molecule has 0 amide bonds. The van der Waals surface area contributed by atoms with Crippen LogP contribution in [0, 0.1) is 6.92 Å². The molecule has 0 aliphatic heterocycles. The maximum atomic E-state index is 11.0. The lowest BCUT2D eigenvalue weighted by Gasteiger charge is -2.01. The zero-order valence-electron chi connectivity index (χ0n) is 10.5. The van der Waals surface area contributed by atoms with Crippen molar-refractivity contribution in [2.24, 2.45) is 0 Å². The smallest absolute Gasteiger partial charge is 0.316 e. The summed E-state index contributed by atoms with van der Waals surface area (Å²) in [6.07, 6.45) is 0. The molecule has 0 aliphatic carbocycles. The first kappa shape index (κ1) is 13.8. The van der Waals surface area contributed by atoms with Gasteiger partial charge in [-0.05, 0) is 19.1 Å². The molecule has 1 aromatic heterocycles. The summed E-state index contributed by atoms with van der Waals surface area (Å²) in [4.78, 5) is 11.0. The number of carbonyl (C=O) groups is 1. The predicted molar refractivity (Wildman–Crippen MR) is 77.1 cm³/mol. The number of rotatable bonds is 5. The van der Waals surface area contributed by atoms with Gasteiger partial charge in [-0.25, -0.2) is 0 Å². The fourth-order valence-electron chi connectivity index (χ4n) is 1.26. The number of methoxy groups -OCH3 is 1. The number of carbonyl (C=O) groups excluding carboxylic acids is 1. The SMILES string of the molecule is COC(=O)CSc1nnc(Nc2ccc(C)cc2)s1. The first-order valence-corrected chi connectivity index (χ1v) is 7.34. The van der Waals surface area contributed by atoms with Gasteiger partial charge in [0.2, 0.25) is 5.13 Å². The van der Waals surface area contributed by atoms with Crippen molar-refractivity contribution in [2.45, 2.75) is 11.3 Å². The number of hydrogen-bond donors (Lipinski definition) is 1. The molecule has 0 aliphatic rings. The number of ether oxygens (including phenoxy) is 1. The van der Waals surface area contributed by atoms with Crippen LogP contribution in [0.3, 0.4) is 0 Å². The average Bonchev–Trinajstić information content (AvgIpc) is 2.86. The van der Waals surface area contributed by atoms with E-state index in [2.05, 4.69) is 20.3 Å². The fraction of sp³-hybridized carbons (Fsp3) is 0.250. The molecule has 0 atom stereocenters. The minimum Gasteiger partial charge on any atom is -0.468 e. The summed E-state index contributed by atoms with van der Waals surface area (Å²) in [6, 6.07) is 8.02. The minimum atomic E-state index is -0.270. The summed E-state index contributed by atoms with van der Waals surface area (Å²) < 4.78 is 5.30. The quantitative estimate of drug-likeness (QED) is 0.676. The van der Waals surface area contributed by atoms with Crippen molar-refractivity contribution < 1.29 is 9.53 Å². The van der Waals surface area contributed by atoms with Gasteiger partial charge in [-0.1, -0.05) is 40.8 Å². The first-order valence-electron chi connectivity index (χ1n) is 5.54. The van der Waals surface area contributed by atoms with Crippen LogP contribution in [0.15, 0.2) is 28.6 Å². The first-order chi connectivity index (χ1) is 9.17. The molecular formula is C12H13N3O2S2. The lowest BCUT2D eigenvalue weighted by atomic mass is 10.2. The Labute approximate surface area is 119 Å². The van der Waals surface area contributed by atoms with Crippen LogP contribution >= 0.6 is 23.1 Å². The Balaban J connectivity index is 1.93. The van der Waals surface area contributed by atoms with E-state index < -0.39 is 0 Å². The van der Waals surface area contributed by atoms with Crippen molar-refractivity contribution in [1.29, 1.82) is 0 Å². The molecule has 1 aromatic carbocycles. The Morgan fingerprint density at radius 2 is 2.11 bits per heavy atom.